The standard InChI is InChI=1S/C15H21N3.HI/c1-5-11-17-15(16-6-2)18(4)12-14-9-7-13(3)8-10-14;/h1,7-10H,6,11-12H2,2-4H3,(H,16,17);1H. The summed E-state index contributed by atoms with van der Waals surface area (Å²) in [5, 5.41) is 3.23. The van der Waals surface area contributed by atoms with E-state index in [0.29, 0.717) is 6.54 Å². The fraction of sp³-hybridized carbons (Fsp3) is 0.400. The highest BCUT2D eigenvalue weighted by Crippen LogP contribution is 2.05. The summed E-state index contributed by atoms with van der Waals surface area (Å²) in [7, 11) is 2.01. The van der Waals surface area contributed by atoms with Gasteiger partial charge < -0.3 is 10.2 Å². The number of nitrogens with zero attached hydrogens (tertiary/aromatic N) is 2. The number of rotatable bonds is 4. The van der Waals surface area contributed by atoms with Crippen molar-refractivity contribution in [1.82, 2.24) is 10.2 Å². The summed E-state index contributed by atoms with van der Waals surface area (Å²) in [5.41, 5.74) is 2.53. The third-order valence-corrected chi connectivity index (χ3v) is 2.56. The molecule has 1 rings (SSSR count). The van der Waals surface area contributed by atoms with Gasteiger partial charge in [0.1, 0.15) is 6.54 Å². The maximum Gasteiger partial charge on any atom is 0.194 e. The van der Waals surface area contributed by atoms with Crippen molar-refractivity contribution in [2.24, 2.45) is 4.99 Å². The van der Waals surface area contributed by atoms with Crippen molar-refractivity contribution < 1.29 is 0 Å². The molecule has 0 aliphatic carbocycles. The topological polar surface area (TPSA) is 27.6 Å². The monoisotopic (exact) mass is 371 g/mol. The smallest absolute Gasteiger partial charge is 0.194 e. The minimum atomic E-state index is 0. The number of hydrogen-bond acceptors (Lipinski definition) is 1. The fourth-order valence-corrected chi connectivity index (χ4v) is 1.63. The number of hydrogen-bond donors (Lipinski definition) is 1. The van der Waals surface area contributed by atoms with Gasteiger partial charge >= 0.3 is 0 Å². The zero-order valence-electron chi connectivity index (χ0n) is 11.8. The van der Waals surface area contributed by atoms with Crippen molar-refractivity contribution in [3.05, 3.63) is 35.4 Å². The molecule has 0 saturated carbocycles. The van der Waals surface area contributed by atoms with Gasteiger partial charge in [0.25, 0.3) is 0 Å². The summed E-state index contributed by atoms with van der Waals surface area (Å²) in [6.45, 7) is 6.19. The Hall–Kier alpha value is -1.22. The van der Waals surface area contributed by atoms with Gasteiger partial charge in [-0.1, -0.05) is 35.7 Å². The number of guanidine groups is 1. The van der Waals surface area contributed by atoms with E-state index >= 15 is 0 Å². The van der Waals surface area contributed by atoms with Crippen LogP contribution in [0.2, 0.25) is 0 Å². The normalized spacial score (nSPS) is 10.3. The van der Waals surface area contributed by atoms with E-state index in [1.54, 1.807) is 0 Å². The Balaban J connectivity index is 0.00000324. The molecule has 3 nitrogen and oxygen atoms in total. The lowest BCUT2D eigenvalue weighted by molar-refractivity contribution is 0.478. The number of aliphatic imine (C=N–C) groups is 1. The minimum absolute atomic E-state index is 0. The molecule has 0 bridgehead atoms. The quantitative estimate of drug-likeness (QED) is 0.382. The Kier molecular flexibility index (Phi) is 9.06. The Morgan fingerprint density at radius 1 is 1.37 bits per heavy atom. The highest BCUT2D eigenvalue weighted by atomic mass is 127. The molecule has 0 unspecified atom stereocenters. The van der Waals surface area contributed by atoms with Gasteiger partial charge in [-0.25, -0.2) is 4.99 Å². The van der Waals surface area contributed by atoms with Gasteiger partial charge in [-0.05, 0) is 19.4 Å². The molecule has 0 aliphatic heterocycles. The van der Waals surface area contributed by atoms with E-state index in [2.05, 4.69) is 52.3 Å². The summed E-state index contributed by atoms with van der Waals surface area (Å²) in [6.07, 6.45) is 5.24. The summed E-state index contributed by atoms with van der Waals surface area (Å²) >= 11 is 0. The number of nitrogens with one attached hydrogen (secondary N) is 1. The van der Waals surface area contributed by atoms with Gasteiger partial charge in [0.15, 0.2) is 5.96 Å². The van der Waals surface area contributed by atoms with Gasteiger partial charge in [0, 0.05) is 20.1 Å². The number of terminal acetylenes is 1. The Bertz CT molecular complexity index is 432. The van der Waals surface area contributed by atoms with Crippen LogP contribution in [-0.2, 0) is 6.54 Å². The van der Waals surface area contributed by atoms with Gasteiger partial charge in [-0.15, -0.1) is 30.4 Å². The average molecular weight is 371 g/mol. The molecule has 1 N–H and O–H groups in total. The van der Waals surface area contributed by atoms with Crippen LogP contribution < -0.4 is 5.32 Å². The number of aryl methyl sites for hydroxylation is 1. The van der Waals surface area contributed by atoms with E-state index in [0.717, 1.165) is 19.0 Å². The lowest BCUT2D eigenvalue weighted by Gasteiger charge is -2.21. The highest BCUT2D eigenvalue weighted by Gasteiger charge is 2.05. The first-order valence-corrected chi connectivity index (χ1v) is 6.15. The van der Waals surface area contributed by atoms with E-state index in [1.165, 1.54) is 11.1 Å². The van der Waals surface area contributed by atoms with Crippen molar-refractivity contribution in [3.8, 4) is 12.3 Å². The third kappa shape index (κ3) is 6.48. The van der Waals surface area contributed by atoms with Gasteiger partial charge in [0.05, 0.1) is 0 Å². The van der Waals surface area contributed by atoms with Crippen LogP contribution in [0.4, 0.5) is 0 Å². The molecule has 4 heteroatoms. The molecule has 0 heterocycles. The maximum absolute atomic E-state index is 5.24. The second-order valence-corrected chi connectivity index (χ2v) is 4.22. The first-order chi connectivity index (χ1) is 8.67. The van der Waals surface area contributed by atoms with E-state index in [1.807, 2.05) is 14.0 Å². The van der Waals surface area contributed by atoms with Crippen LogP contribution in [0.5, 0.6) is 0 Å². The minimum Gasteiger partial charge on any atom is -0.356 e. The molecule has 0 radical (unpaired) electrons. The molecule has 0 aromatic heterocycles. The number of benzene rings is 1. The molecular weight excluding hydrogens is 349 g/mol. The van der Waals surface area contributed by atoms with E-state index in [-0.39, 0.29) is 24.0 Å². The van der Waals surface area contributed by atoms with Crippen molar-refractivity contribution >= 4 is 29.9 Å². The van der Waals surface area contributed by atoms with Crippen molar-refractivity contribution in [3.63, 3.8) is 0 Å². The van der Waals surface area contributed by atoms with E-state index in [9.17, 15) is 0 Å². The molecule has 0 amide bonds. The van der Waals surface area contributed by atoms with Crippen LogP contribution in [0.15, 0.2) is 29.3 Å². The van der Waals surface area contributed by atoms with Crippen LogP contribution in [0.1, 0.15) is 18.1 Å². The first-order valence-electron chi connectivity index (χ1n) is 6.15. The summed E-state index contributed by atoms with van der Waals surface area (Å²) in [5.74, 6) is 3.37. The Labute approximate surface area is 133 Å². The second kappa shape index (κ2) is 9.68. The summed E-state index contributed by atoms with van der Waals surface area (Å²) < 4.78 is 0. The Morgan fingerprint density at radius 2 is 2.00 bits per heavy atom. The zero-order chi connectivity index (χ0) is 13.4. The molecule has 104 valence electrons. The molecule has 0 spiro atoms. The third-order valence-electron chi connectivity index (χ3n) is 2.56. The molecule has 1 aromatic rings. The van der Waals surface area contributed by atoms with Crippen LogP contribution in [0.25, 0.3) is 0 Å². The molecule has 0 fully saturated rings. The highest BCUT2D eigenvalue weighted by molar-refractivity contribution is 14.0. The van der Waals surface area contributed by atoms with Crippen molar-refractivity contribution in [1.29, 1.82) is 0 Å². The summed E-state index contributed by atoms with van der Waals surface area (Å²) in [4.78, 5) is 6.42. The molecule has 0 aliphatic rings. The first kappa shape index (κ1) is 17.8. The Morgan fingerprint density at radius 3 is 2.53 bits per heavy atom. The molecule has 1 aromatic carbocycles. The van der Waals surface area contributed by atoms with Crippen LogP contribution in [-0.4, -0.2) is 31.0 Å². The fourth-order valence-electron chi connectivity index (χ4n) is 1.63. The van der Waals surface area contributed by atoms with Crippen LogP contribution in [0.3, 0.4) is 0 Å². The molecule has 0 atom stereocenters. The average Bonchev–Trinajstić information content (AvgIpc) is 2.37. The van der Waals surface area contributed by atoms with Crippen molar-refractivity contribution in [2.45, 2.75) is 20.4 Å². The lowest BCUT2D eigenvalue weighted by atomic mass is 10.1. The summed E-state index contributed by atoms with van der Waals surface area (Å²) in [6, 6.07) is 8.51. The van der Waals surface area contributed by atoms with E-state index in [4.69, 9.17) is 6.42 Å². The predicted octanol–water partition coefficient (Wildman–Crippen LogP) is 2.64. The van der Waals surface area contributed by atoms with Gasteiger partial charge in [0.2, 0.25) is 0 Å². The van der Waals surface area contributed by atoms with E-state index < -0.39 is 0 Å². The number of halogens is 1. The van der Waals surface area contributed by atoms with Gasteiger partial charge in [-0.3, -0.25) is 0 Å². The molecular formula is C15H22IN3. The van der Waals surface area contributed by atoms with Crippen LogP contribution in [0, 0.1) is 19.3 Å². The molecule has 0 saturated heterocycles. The zero-order valence-corrected chi connectivity index (χ0v) is 14.1. The van der Waals surface area contributed by atoms with Crippen molar-refractivity contribution in [2.75, 3.05) is 20.1 Å². The van der Waals surface area contributed by atoms with Crippen LogP contribution >= 0.6 is 24.0 Å². The molecule has 19 heavy (non-hydrogen) atoms. The largest absolute Gasteiger partial charge is 0.356 e. The second-order valence-electron chi connectivity index (χ2n) is 4.22. The van der Waals surface area contributed by atoms with Gasteiger partial charge in [-0.2, -0.15) is 0 Å². The lowest BCUT2D eigenvalue weighted by Crippen LogP contribution is -2.38. The maximum atomic E-state index is 5.24. The SMILES string of the molecule is C#CCN=C(NCC)N(C)Cc1ccc(C)cc1.I. The predicted molar refractivity (Wildman–Crippen MR) is 92.9 cm³/mol.